The summed E-state index contributed by atoms with van der Waals surface area (Å²) in [4.78, 5) is 6.56. The molecule has 0 saturated carbocycles. The van der Waals surface area contributed by atoms with Crippen LogP contribution in [0.25, 0.3) is 0 Å². The first kappa shape index (κ1) is 12.0. The molecule has 1 unspecified atom stereocenters. The lowest BCUT2D eigenvalue weighted by Crippen LogP contribution is -2.24. The fraction of sp³-hybridized carbons (Fsp3) is 0.583. The van der Waals surface area contributed by atoms with Crippen LogP contribution in [-0.2, 0) is 6.54 Å². The standard InChI is InChI=1S/C12H21N3/c1-4-10(2)8-15(3)9-12-11(13)6-5-7-14-12/h5-7,10H,4,8-9,13H2,1-3H3. The lowest BCUT2D eigenvalue weighted by Gasteiger charge is -2.20. The van der Waals surface area contributed by atoms with Gasteiger partial charge in [0.15, 0.2) is 0 Å². The maximum atomic E-state index is 5.84. The molecule has 0 aliphatic rings. The van der Waals surface area contributed by atoms with Crippen LogP contribution in [0.4, 0.5) is 5.69 Å². The molecule has 0 aliphatic carbocycles. The molecule has 0 fully saturated rings. The van der Waals surface area contributed by atoms with Gasteiger partial charge in [-0.15, -0.1) is 0 Å². The Balaban J connectivity index is 2.51. The maximum absolute atomic E-state index is 5.84. The average molecular weight is 207 g/mol. The third-order valence-corrected chi connectivity index (χ3v) is 2.67. The van der Waals surface area contributed by atoms with E-state index < -0.39 is 0 Å². The van der Waals surface area contributed by atoms with Gasteiger partial charge in [-0.2, -0.15) is 0 Å². The van der Waals surface area contributed by atoms with Crippen molar-refractivity contribution in [1.29, 1.82) is 0 Å². The van der Waals surface area contributed by atoms with Crippen LogP contribution in [0, 0.1) is 5.92 Å². The number of nitrogens with zero attached hydrogens (tertiary/aromatic N) is 2. The van der Waals surface area contributed by atoms with Crippen molar-refractivity contribution in [3.05, 3.63) is 24.0 Å². The molecule has 0 bridgehead atoms. The number of nitrogen functional groups attached to an aromatic ring is 1. The molecule has 0 aromatic carbocycles. The molecule has 0 amide bonds. The molecule has 1 atom stereocenters. The van der Waals surface area contributed by atoms with Gasteiger partial charge >= 0.3 is 0 Å². The first-order chi connectivity index (χ1) is 7.13. The fourth-order valence-corrected chi connectivity index (χ4v) is 1.56. The third-order valence-electron chi connectivity index (χ3n) is 2.67. The Labute approximate surface area is 92.3 Å². The Morgan fingerprint density at radius 1 is 1.53 bits per heavy atom. The SMILES string of the molecule is CCC(C)CN(C)Cc1ncccc1N. The number of aromatic nitrogens is 1. The number of nitrogens with two attached hydrogens (primary N) is 1. The first-order valence-corrected chi connectivity index (χ1v) is 5.51. The van der Waals surface area contributed by atoms with E-state index in [-0.39, 0.29) is 0 Å². The van der Waals surface area contributed by atoms with Crippen molar-refractivity contribution in [1.82, 2.24) is 9.88 Å². The third kappa shape index (κ3) is 3.88. The van der Waals surface area contributed by atoms with Gasteiger partial charge in [0.1, 0.15) is 0 Å². The van der Waals surface area contributed by atoms with E-state index in [1.807, 2.05) is 12.1 Å². The van der Waals surface area contributed by atoms with E-state index in [9.17, 15) is 0 Å². The van der Waals surface area contributed by atoms with Crippen LogP contribution in [0.5, 0.6) is 0 Å². The maximum Gasteiger partial charge on any atom is 0.0772 e. The molecule has 15 heavy (non-hydrogen) atoms. The second kappa shape index (κ2) is 5.71. The predicted molar refractivity (Wildman–Crippen MR) is 64.4 cm³/mol. The van der Waals surface area contributed by atoms with Crippen LogP contribution in [0.1, 0.15) is 26.0 Å². The molecule has 84 valence electrons. The number of pyridine rings is 1. The van der Waals surface area contributed by atoms with Crippen molar-refractivity contribution in [3.8, 4) is 0 Å². The Morgan fingerprint density at radius 3 is 2.87 bits per heavy atom. The molecular formula is C12H21N3. The van der Waals surface area contributed by atoms with E-state index in [1.54, 1.807) is 6.20 Å². The Kier molecular flexibility index (Phi) is 4.56. The number of hydrogen-bond donors (Lipinski definition) is 1. The number of hydrogen-bond acceptors (Lipinski definition) is 3. The summed E-state index contributed by atoms with van der Waals surface area (Å²) < 4.78 is 0. The summed E-state index contributed by atoms with van der Waals surface area (Å²) in [5, 5.41) is 0. The first-order valence-electron chi connectivity index (χ1n) is 5.51. The quantitative estimate of drug-likeness (QED) is 0.804. The van der Waals surface area contributed by atoms with Gasteiger partial charge < -0.3 is 10.6 Å². The highest BCUT2D eigenvalue weighted by Crippen LogP contribution is 2.11. The summed E-state index contributed by atoms with van der Waals surface area (Å²) in [6, 6.07) is 3.77. The minimum absolute atomic E-state index is 0.722. The number of rotatable bonds is 5. The summed E-state index contributed by atoms with van der Waals surface area (Å²) in [6.45, 7) is 6.40. The van der Waals surface area contributed by atoms with Crippen molar-refractivity contribution in [2.45, 2.75) is 26.8 Å². The second-order valence-electron chi connectivity index (χ2n) is 4.25. The largest absolute Gasteiger partial charge is 0.397 e. The molecule has 0 spiro atoms. The molecule has 0 aliphatic heterocycles. The van der Waals surface area contributed by atoms with E-state index in [0.29, 0.717) is 0 Å². The van der Waals surface area contributed by atoms with Crippen LogP contribution in [0.3, 0.4) is 0 Å². The average Bonchev–Trinajstić information content (AvgIpc) is 2.21. The van der Waals surface area contributed by atoms with Gasteiger partial charge in [0.25, 0.3) is 0 Å². The zero-order valence-electron chi connectivity index (χ0n) is 9.90. The molecule has 0 saturated heterocycles. The predicted octanol–water partition coefficient (Wildman–Crippen LogP) is 2.14. The smallest absolute Gasteiger partial charge is 0.0772 e. The monoisotopic (exact) mass is 207 g/mol. The molecule has 3 nitrogen and oxygen atoms in total. The molecule has 1 rings (SSSR count). The zero-order chi connectivity index (χ0) is 11.3. The van der Waals surface area contributed by atoms with Gasteiger partial charge in [-0.25, -0.2) is 0 Å². The van der Waals surface area contributed by atoms with Gasteiger partial charge in [-0.05, 0) is 25.1 Å². The lowest BCUT2D eigenvalue weighted by atomic mass is 10.1. The van der Waals surface area contributed by atoms with Crippen LogP contribution >= 0.6 is 0 Å². The molecule has 1 heterocycles. The summed E-state index contributed by atoms with van der Waals surface area (Å²) in [5.74, 6) is 0.722. The minimum atomic E-state index is 0.722. The van der Waals surface area contributed by atoms with Crippen LogP contribution in [0.2, 0.25) is 0 Å². The summed E-state index contributed by atoms with van der Waals surface area (Å²) in [5.41, 5.74) is 7.60. The normalized spacial score (nSPS) is 13.1. The molecule has 1 aromatic heterocycles. The highest BCUT2D eigenvalue weighted by Gasteiger charge is 2.07. The Morgan fingerprint density at radius 2 is 2.27 bits per heavy atom. The molecule has 3 heteroatoms. The molecular weight excluding hydrogens is 186 g/mol. The fourth-order valence-electron chi connectivity index (χ4n) is 1.56. The number of anilines is 1. The van der Waals surface area contributed by atoms with Crippen LogP contribution in [0.15, 0.2) is 18.3 Å². The van der Waals surface area contributed by atoms with Crippen molar-refractivity contribution in [3.63, 3.8) is 0 Å². The van der Waals surface area contributed by atoms with Crippen molar-refractivity contribution < 1.29 is 0 Å². The zero-order valence-corrected chi connectivity index (χ0v) is 9.90. The highest BCUT2D eigenvalue weighted by molar-refractivity contribution is 5.41. The van der Waals surface area contributed by atoms with E-state index in [2.05, 4.69) is 30.8 Å². The summed E-state index contributed by atoms with van der Waals surface area (Å²) >= 11 is 0. The van der Waals surface area contributed by atoms with Gasteiger partial charge in [-0.3, -0.25) is 4.98 Å². The Hall–Kier alpha value is -1.09. The van der Waals surface area contributed by atoms with Crippen molar-refractivity contribution in [2.75, 3.05) is 19.3 Å². The molecule has 0 radical (unpaired) electrons. The van der Waals surface area contributed by atoms with E-state index in [4.69, 9.17) is 5.73 Å². The summed E-state index contributed by atoms with van der Waals surface area (Å²) in [6.07, 6.45) is 3.00. The van der Waals surface area contributed by atoms with Crippen LogP contribution in [-0.4, -0.2) is 23.5 Å². The van der Waals surface area contributed by atoms with E-state index in [0.717, 1.165) is 30.4 Å². The van der Waals surface area contributed by atoms with Crippen LogP contribution < -0.4 is 5.73 Å². The van der Waals surface area contributed by atoms with Gasteiger partial charge in [0.05, 0.1) is 11.4 Å². The van der Waals surface area contributed by atoms with E-state index in [1.165, 1.54) is 6.42 Å². The minimum Gasteiger partial charge on any atom is -0.397 e. The molecule has 2 N–H and O–H groups in total. The lowest BCUT2D eigenvalue weighted by molar-refractivity contribution is 0.273. The van der Waals surface area contributed by atoms with Gasteiger partial charge in [-0.1, -0.05) is 20.3 Å². The highest BCUT2D eigenvalue weighted by atomic mass is 15.1. The second-order valence-corrected chi connectivity index (χ2v) is 4.25. The Bertz CT molecular complexity index is 299. The van der Waals surface area contributed by atoms with Crippen molar-refractivity contribution in [2.24, 2.45) is 5.92 Å². The van der Waals surface area contributed by atoms with E-state index >= 15 is 0 Å². The van der Waals surface area contributed by atoms with Gasteiger partial charge in [0.2, 0.25) is 0 Å². The van der Waals surface area contributed by atoms with Crippen molar-refractivity contribution >= 4 is 5.69 Å². The summed E-state index contributed by atoms with van der Waals surface area (Å²) in [7, 11) is 2.11. The molecule has 1 aromatic rings. The topological polar surface area (TPSA) is 42.2 Å². The van der Waals surface area contributed by atoms with Gasteiger partial charge in [0, 0.05) is 19.3 Å².